The number of rotatable bonds is 14. The van der Waals surface area contributed by atoms with E-state index >= 15 is 0 Å². The quantitative estimate of drug-likeness (QED) is 0.0918. The summed E-state index contributed by atoms with van der Waals surface area (Å²) in [5.41, 5.74) is 6.65. The van der Waals surface area contributed by atoms with E-state index < -0.39 is 27.7 Å². The number of para-hydroxylation sites is 1. The highest BCUT2D eigenvalue weighted by atomic mass is 79.9. The Hall–Kier alpha value is -6.36. The minimum atomic E-state index is -3.65. The van der Waals surface area contributed by atoms with Crippen molar-refractivity contribution >= 4 is 100 Å². The maximum absolute atomic E-state index is 13.0. The average molecular weight is 1050 g/mol. The van der Waals surface area contributed by atoms with Gasteiger partial charge in [0.25, 0.3) is 0 Å². The van der Waals surface area contributed by atoms with Crippen molar-refractivity contribution < 1.29 is 27.2 Å². The Labute approximate surface area is 419 Å². The number of piperazine rings is 1. The van der Waals surface area contributed by atoms with Crippen molar-refractivity contribution in [1.29, 1.82) is 0 Å². The number of aromatic nitrogens is 5. The maximum Gasteiger partial charge on any atom is 0.420 e. The van der Waals surface area contributed by atoms with Gasteiger partial charge in [0, 0.05) is 102 Å². The molecule has 374 valence electrons. The molecule has 0 saturated carbocycles. The van der Waals surface area contributed by atoms with Crippen molar-refractivity contribution in [2.24, 2.45) is 5.92 Å². The summed E-state index contributed by atoms with van der Waals surface area (Å²) in [6, 6.07) is 13.2. The Morgan fingerprint density at radius 3 is 2.34 bits per heavy atom. The summed E-state index contributed by atoms with van der Waals surface area (Å²) in [4.78, 5) is 65.6. The normalized spacial score (nSPS) is 19.1. The van der Waals surface area contributed by atoms with Gasteiger partial charge in [-0.15, -0.1) is 0 Å². The zero-order valence-corrected chi connectivity index (χ0v) is 42.4. The summed E-state index contributed by atoms with van der Waals surface area (Å²) in [6.45, 7) is 11.1. The van der Waals surface area contributed by atoms with Crippen LogP contribution in [0.3, 0.4) is 0 Å². The number of aryl methyl sites for hydroxylation is 1. The molecule has 3 aromatic heterocycles. The van der Waals surface area contributed by atoms with Crippen LogP contribution in [-0.4, -0.2) is 133 Å². The zero-order chi connectivity index (χ0) is 49.4. The number of methoxy groups -OCH3 is 1. The lowest BCUT2D eigenvalue weighted by Crippen LogP contribution is -2.54. The third-order valence-corrected chi connectivity index (χ3v) is 15.4. The van der Waals surface area contributed by atoms with Gasteiger partial charge < -0.3 is 34.5 Å². The molecule has 0 bridgehead atoms. The Morgan fingerprint density at radius 2 is 1.61 bits per heavy atom. The second kappa shape index (κ2) is 20.4. The molecule has 22 heteroatoms. The van der Waals surface area contributed by atoms with Gasteiger partial charge in [0.15, 0.2) is 5.58 Å². The Bertz CT molecular complexity index is 3150. The number of carbonyl (C=O) groups excluding carboxylic acids is 2. The van der Waals surface area contributed by atoms with Crippen LogP contribution in [0.4, 0.5) is 40.2 Å². The highest BCUT2D eigenvalue weighted by Crippen LogP contribution is 2.39. The number of fused-ring (bicyclic) bond motifs is 2. The molecule has 4 aliphatic heterocycles. The number of nitrogens with zero attached hydrogens (tertiary/aromatic N) is 9. The fourth-order valence-corrected chi connectivity index (χ4v) is 11.5. The van der Waals surface area contributed by atoms with Crippen molar-refractivity contribution in [3.63, 3.8) is 0 Å². The fraction of sp³-hybridized carbons (Fsp3) is 0.449. The van der Waals surface area contributed by atoms with Gasteiger partial charge in [0.05, 0.1) is 51.6 Å². The number of nitrogens with one attached hydrogen (secondary N) is 4. The van der Waals surface area contributed by atoms with E-state index in [1.54, 1.807) is 31.6 Å². The van der Waals surface area contributed by atoms with E-state index in [2.05, 4.69) is 90.2 Å². The summed E-state index contributed by atoms with van der Waals surface area (Å²) < 4.78 is 41.1. The van der Waals surface area contributed by atoms with Gasteiger partial charge in [-0.2, -0.15) is 4.98 Å². The number of amides is 2. The van der Waals surface area contributed by atoms with E-state index in [-0.39, 0.29) is 24.4 Å². The molecule has 20 nitrogen and oxygen atoms in total. The number of imide groups is 1. The lowest BCUT2D eigenvalue weighted by molar-refractivity contribution is -0.135. The predicted molar refractivity (Wildman–Crippen MR) is 277 cm³/mol. The van der Waals surface area contributed by atoms with Crippen LogP contribution in [0, 0.1) is 5.92 Å². The van der Waals surface area contributed by atoms with Crippen LogP contribution in [-0.2, 0) is 26.0 Å². The molecule has 0 radical (unpaired) electrons. The molecule has 4 N–H and O–H groups in total. The summed E-state index contributed by atoms with van der Waals surface area (Å²) in [5.74, 6) is 0.612. The SMILES string of the molecule is CCc1cc(Nc2ncc(Br)c(Nc3ccc4nccnc4c3NS(C)(=O)=O)n2)c(OC)cc1N1CCC(N2CCN(CC3CCN(c4cccc5c4oc(=O)n5C4CCC(=O)NC4=O)CC3)CC2)CC1. The van der Waals surface area contributed by atoms with Crippen molar-refractivity contribution in [2.75, 3.05) is 97.4 Å². The number of anilines is 7. The molecule has 71 heavy (non-hydrogen) atoms. The molecular formula is C49H58BrN13O7S. The second-order valence-electron chi connectivity index (χ2n) is 18.8. The summed E-state index contributed by atoms with van der Waals surface area (Å²) in [7, 11) is -1.99. The third kappa shape index (κ3) is 10.4. The standard InChI is InChI=1S/C49H58BrN13O7S/c1-4-31-26-36(55-48-53-28-33(50)46(57-48)54-35-9-8-34-43(52-17-16-51-34)44(35)58-71(3,67)68)41(69-2)27-40(31)62-20-14-32(15-21-62)60-24-22-59(23-25-60)29-30-12-18-61(19-13-30)37-6-5-7-38-45(37)70-49(66)63(38)39-10-11-42(64)56-47(39)65/h5-9,16-17,26-28,30,32,39,58H,4,10-15,18-25,29H2,1-3H3,(H,56,64,65)(H2,53,54,55,57). The third-order valence-electron chi connectivity index (χ3n) is 14.3. The number of ether oxygens (including phenoxy) is 1. The average Bonchev–Trinajstić information content (AvgIpc) is 3.71. The Balaban J connectivity index is 0.723. The van der Waals surface area contributed by atoms with Crippen LogP contribution in [0.1, 0.15) is 57.1 Å². The van der Waals surface area contributed by atoms with Gasteiger partial charge in [-0.3, -0.25) is 39.1 Å². The van der Waals surface area contributed by atoms with Crippen molar-refractivity contribution in [1.82, 2.24) is 39.6 Å². The molecule has 4 saturated heterocycles. The lowest BCUT2D eigenvalue weighted by Gasteiger charge is -2.44. The molecule has 6 aromatic rings. The van der Waals surface area contributed by atoms with E-state index in [9.17, 15) is 22.8 Å². The predicted octanol–water partition coefficient (Wildman–Crippen LogP) is 6.00. The first kappa shape index (κ1) is 48.3. The van der Waals surface area contributed by atoms with Crippen LogP contribution in [0.2, 0.25) is 0 Å². The Morgan fingerprint density at radius 1 is 0.859 bits per heavy atom. The van der Waals surface area contributed by atoms with E-state index in [0.29, 0.717) is 61.8 Å². The molecule has 7 heterocycles. The first-order chi connectivity index (χ1) is 34.3. The Kier molecular flexibility index (Phi) is 13.9. The minimum absolute atomic E-state index is 0.186. The number of hydrogen-bond donors (Lipinski definition) is 4. The number of hydrogen-bond acceptors (Lipinski definition) is 17. The highest BCUT2D eigenvalue weighted by Gasteiger charge is 2.34. The maximum atomic E-state index is 13.0. The molecule has 1 atom stereocenters. The monoisotopic (exact) mass is 1050 g/mol. The molecule has 0 spiro atoms. The largest absolute Gasteiger partial charge is 0.494 e. The van der Waals surface area contributed by atoms with E-state index in [4.69, 9.17) is 14.1 Å². The summed E-state index contributed by atoms with van der Waals surface area (Å²) in [5, 5.41) is 8.98. The number of sulfonamides is 1. The van der Waals surface area contributed by atoms with Crippen LogP contribution >= 0.6 is 15.9 Å². The molecular weight excluding hydrogens is 995 g/mol. The number of oxazole rings is 1. The van der Waals surface area contributed by atoms with Gasteiger partial charge in [-0.1, -0.05) is 13.0 Å². The first-order valence-electron chi connectivity index (χ1n) is 24.3. The first-order valence-corrected chi connectivity index (χ1v) is 26.9. The van der Waals surface area contributed by atoms with Crippen LogP contribution in [0.15, 0.2) is 74.7 Å². The number of carbonyl (C=O) groups is 2. The molecule has 4 fully saturated rings. The minimum Gasteiger partial charge on any atom is -0.494 e. The number of benzene rings is 3. The summed E-state index contributed by atoms with van der Waals surface area (Å²) >= 11 is 3.55. The second-order valence-corrected chi connectivity index (χ2v) is 21.4. The smallest absolute Gasteiger partial charge is 0.420 e. The molecule has 2 amide bonds. The van der Waals surface area contributed by atoms with E-state index in [0.717, 1.165) is 109 Å². The molecule has 0 aliphatic carbocycles. The van der Waals surface area contributed by atoms with Crippen molar-refractivity contribution in [2.45, 2.75) is 64.0 Å². The van der Waals surface area contributed by atoms with Crippen LogP contribution in [0.25, 0.3) is 22.1 Å². The van der Waals surface area contributed by atoms with E-state index in [1.807, 2.05) is 18.2 Å². The van der Waals surface area contributed by atoms with Gasteiger partial charge in [0.2, 0.25) is 27.8 Å². The fourth-order valence-electron chi connectivity index (χ4n) is 10.7. The highest BCUT2D eigenvalue weighted by molar-refractivity contribution is 9.10. The van der Waals surface area contributed by atoms with Gasteiger partial charge in [-0.05, 0) is 96.3 Å². The lowest BCUT2D eigenvalue weighted by atomic mass is 9.95. The molecule has 4 aliphatic rings. The van der Waals surface area contributed by atoms with Gasteiger partial charge in [0.1, 0.15) is 23.1 Å². The zero-order valence-electron chi connectivity index (χ0n) is 40.0. The number of piperidine rings is 3. The molecule has 10 rings (SSSR count). The van der Waals surface area contributed by atoms with Crippen LogP contribution in [0.5, 0.6) is 5.75 Å². The van der Waals surface area contributed by atoms with E-state index in [1.165, 1.54) is 22.0 Å². The molecule has 3 aromatic carbocycles. The van der Waals surface area contributed by atoms with Crippen LogP contribution < -0.4 is 41.0 Å². The topological polar surface area (TPSA) is 225 Å². The van der Waals surface area contributed by atoms with Crippen molar-refractivity contribution in [3.8, 4) is 5.75 Å². The number of halogens is 1. The summed E-state index contributed by atoms with van der Waals surface area (Å²) in [6.07, 6.45) is 11.3. The van der Waals surface area contributed by atoms with Crippen molar-refractivity contribution in [3.05, 3.63) is 81.6 Å². The van der Waals surface area contributed by atoms with Gasteiger partial charge >= 0.3 is 5.76 Å². The molecule has 1 unspecified atom stereocenters. The van der Waals surface area contributed by atoms with Gasteiger partial charge in [-0.25, -0.2) is 18.2 Å².